The maximum absolute atomic E-state index is 13.8. The van der Waals surface area contributed by atoms with Crippen LogP contribution < -0.4 is 4.74 Å². The average Bonchev–Trinajstić information content (AvgIpc) is 2.61. The van der Waals surface area contributed by atoms with Gasteiger partial charge in [-0.05, 0) is 60.0 Å². The van der Waals surface area contributed by atoms with Gasteiger partial charge in [-0.2, -0.15) is 0 Å². The molecule has 3 aromatic rings. The Kier molecular flexibility index (Phi) is 4.81. The summed E-state index contributed by atoms with van der Waals surface area (Å²) >= 11 is 0. The van der Waals surface area contributed by atoms with Crippen LogP contribution in [0.15, 0.2) is 60.7 Å². The van der Waals surface area contributed by atoms with E-state index in [1.807, 2.05) is 48.5 Å². The van der Waals surface area contributed by atoms with E-state index in [2.05, 4.69) is 11.8 Å². The Morgan fingerprint density at radius 2 is 1.28 bits per heavy atom. The lowest BCUT2D eigenvalue weighted by Crippen LogP contribution is -1.91. The fraction of sp³-hybridized carbons (Fsp3) is 0.0909. The molecular formula is C22H16F2O. The second kappa shape index (κ2) is 7.19. The normalized spacial score (nSPS) is 10.1. The van der Waals surface area contributed by atoms with E-state index in [-0.39, 0.29) is 5.56 Å². The highest BCUT2D eigenvalue weighted by atomic mass is 19.1. The molecule has 3 rings (SSSR count). The van der Waals surface area contributed by atoms with Crippen molar-refractivity contribution in [1.29, 1.82) is 0 Å². The number of hydrogen-bond donors (Lipinski definition) is 0. The minimum atomic E-state index is -0.639. The van der Waals surface area contributed by atoms with Crippen molar-refractivity contribution in [2.75, 3.05) is 7.11 Å². The minimum Gasteiger partial charge on any atom is -0.497 e. The number of ether oxygens (including phenoxy) is 1. The van der Waals surface area contributed by atoms with Crippen LogP contribution in [0.25, 0.3) is 11.1 Å². The number of hydrogen-bond acceptors (Lipinski definition) is 1. The molecule has 3 heteroatoms. The zero-order valence-corrected chi connectivity index (χ0v) is 13.9. The third kappa shape index (κ3) is 3.87. The summed E-state index contributed by atoms with van der Waals surface area (Å²) in [6, 6.07) is 17.8. The molecule has 0 N–H and O–H groups in total. The molecule has 0 aliphatic carbocycles. The van der Waals surface area contributed by atoms with Gasteiger partial charge >= 0.3 is 0 Å². The SMILES string of the molecule is COc1ccc(-c2ccc(C#Cc3c(F)cc(C)cc3F)cc2)cc1. The smallest absolute Gasteiger partial charge is 0.142 e. The highest BCUT2D eigenvalue weighted by Crippen LogP contribution is 2.22. The number of halogens is 2. The maximum Gasteiger partial charge on any atom is 0.142 e. The summed E-state index contributed by atoms with van der Waals surface area (Å²) in [6.45, 7) is 1.64. The molecule has 1 nitrogen and oxygen atoms in total. The summed E-state index contributed by atoms with van der Waals surface area (Å²) in [5, 5.41) is 0. The molecule has 0 bridgehead atoms. The first-order chi connectivity index (χ1) is 12.1. The van der Waals surface area contributed by atoms with Gasteiger partial charge in [0.05, 0.1) is 12.7 Å². The summed E-state index contributed by atoms with van der Waals surface area (Å²) in [5.74, 6) is 4.91. The Morgan fingerprint density at radius 3 is 1.80 bits per heavy atom. The van der Waals surface area contributed by atoms with Crippen molar-refractivity contribution in [2.24, 2.45) is 0 Å². The Hall–Kier alpha value is -3.12. The van der Waals surface area contributed by atoms with E-state index >= 15 is 0 Å². The number of rotatable bonds is 2. The van der Waals surface area contributed by atoms with Crippen molar-refractivity contribution in [3.8, 4) is 28.7 Å². The van der Waals surface area contributed by atoms with E-state index in [1.165, 1.54) is 12.1 Å². The third-order valence-corrected chi connectivity index (χ3v) is 3.83. The molecular weight excluding hydrogens is 318 g/mol. The van der Waals surface area contributed by atoms with Gasteiger partial charge in [0.15, 0.2) is 0 Å². The molecule has 25 heavy (non-hydrogen) atoms. The van der Waals surface area contributed by atoms with E-state index < -0.39 is 11.6 Å². The number of aryl methyl sites for hydroxylation is 1. The van der Waals surface area contributed by atoms with Gasteiger partial charge in [0.2, 0.25) is 0 Å². The van der Waals surface area contributed by atoms with Gasteiger partial charge in [0, 0.05) is 5.56 Å². The van der Waals surface area contributed by atoms with Crippen LogP contribution >= 0.6 is 0 Å². The predicted octanol–water partition coefficient (Wildman–Crippen LogP) is 5.35. The van der Waals surface area contributed by atoms with Crippen LogP contribution in [0, 0.1) is 30.4 Å². The van der Waals surface area contributed by atoms with Gasteiger partial charge < -0.3 is 4.74 Å². The van der Waals surface area contributed by atoms with Crippen LogP contribution in [-0.2, 0) is 0 Å². The maximum atomic E-state index is 13.8. The quantitative estimate of drug-likeness (QED) is 0.574. The van der Waals surface area contributed by atoms with Gasteiger partial charge in [-0.1, -0.05) is 36.1 Å². The van der Waals surface area contributed by atoms with Crippen LogP contribution in [-0.4, -0.2) is 7.11 Å². The van der Waals surface area contributed by atoms with Gasteiger partial charge in [-0.3, -0.25) is 0 Å². The molecule has 0 unspecified atom stereocenters. The van der Waals surface area contributed by atoms with Gasteiger partial charge in [0.1, 0.15) is 17.4 Å². The number of methoxy groups -OCH3 is 1. The van der Waals surface area contributed by atoms with Crippen molar-refractivity contribution in [3.05, 3.63) is 89.0 Å². The molecule has 0 heterocycles. The topological polar surface area (TPSA) is 9.23 Å². The van der Waals surface area contributed by atoms with E-state index in [1.54, 1.807) is 14.0 Å². The van der Waals surface area contributed by atoms with Crippen LogP contribution in [0.2, 0.25) is 0 Å². The Balaban J connectivity index is 1.84. The van der Waals surface area contributed by atoms with Crippen LogP contribution in [0.4, 0.5) is 8.78 Å². The van der Waals surface area contributed by atoms with Gasteiger partial charge in [-0.15, -0.1) is 0 Å². The van der Waals surface area contributed by atoms with Crippen molar-refractivity contribution >= 4 is 0 Å². The summed E-state index contributed by atoms with van der Waals surface area (Å²) in [7, 11) is 1.63. The fourth-order valence-corrected chi connectivity index (χ4v) is 2.48. The fourth-order valence-electron chi connectivity index (χ4n) is 2.48. The highest BCUT2D eigenvalue weighted by Gasteiger charge is 2.07. The largest absolute Gasteiger partial charge is 0.497 e. The van der Waals surface area contributed by atoms with Crippen molar-refractivity contribution in [1.82, 2.24) is 0 Å². The first kappa shape index (κ1) is 16.7. The molecule has 0 amide bonds. The molecule has 0 radical (unpaired) electrons. The van der Waals surface area contributed by atoms with Crippen molar-refractivity contribution < 1.29 is 13.5 Å². The predicted molar refractivity (Wildman–Crippen MR) is 95.5 cm³/mol. The summed E-state index contributed by atoms with van der Waals surface area (Å²) in [6.07, 6.45) is 0. The zero-order valence-electron chi connectivity index (χ0n) is 13.9. The zero-order chi connectivity index (χ0) is 17.8. The van der Waals surface area contributed by atoms with E-state index in [0.29, 0.717) is 11.1 Å². The van der Waals surface area contributed by atoms with Crippen LogP contribution in [0.1, 0.15) is 16.7 Å². The molecule has 0 aliphatic rings. The second-order valence-corrected chi connectivity index (χ2v) is 5.66. The molecule has 3 aromatic carbocycles. The lowest BCUT2D eigenvalue weighted by atomic mass is 10.0. The van der Waals surface area contributed by atoms with E-state index in [0.717, 1.165) is 16.9 Å². The molecule has 0 aromatic heterocycles. The average molecular weight is 334 g/mol. The molecule has 0 saturated carbocycles. The summed E-state index contributed by atoms with van der Waals surface area (Å²) in [4.78, 5) is 0. The molecule has 124 valence electrons. The first-order valence-corrected chi connectivity index (χ1v) is 7.79. The van der Waals surface area contributed by atoms with Crippen molar-refractivity contribution in [3.63, 3.8) is 0 Å². The van der Waals surface area contributed by atoms with Gasteiger partial charge in [0.25, 0.3) is 0 Å². The highest BCUT2D eigenvalue weighted by molar-refractivity contribution is 5.65. The molecule has 0 fully saturated rings. The Labute approximate surface area is 145 Å². The summed E-state index contributed by atoms with van der Waals surface area (Å²) < 4.78 is 32.8. The molecule has 0 saturated heterocycles. The lowest BCUT2D eigenvalue weighted by Gasteiger charge is -2.04. The number of benzene rings is 3. The van der Waals surface area contributed by atoms with Crippen molar-refractivity contribution in [2.45, 2.75) is 6.92 Å². The molecule has 0 spiro atoms. The first-order valence-electron chi connectivity index (χ1n) is 7.79. The van der Waals surface area contributed by atoms with E-state index in [4.69, 9.17) is 4.74 Å². The minimum absolute atomic E-state index is 0.204. The second-order valence-electron chi connectivity index (χ2n) is 5.66. The van der Waals surface area contributed by atoms with Crippen LogP contribution in [0.5, 0.6) is 5.75 Å². The van der Waals surface area contributed by atoms with Crippen LogP contribution in [0.3, 0.4) is 0 Å². The molecule has 0 atom stereocenters. The standard InChI is InChI=1S/C22H16F2O/c1-15-13-21(23)20(22(24)14-15)12-5-16-3-6-17(7-4-16)18-8-10-19(25-2)11-9-18/h3-4,6-11,13-14H,1-2H3. The summed E-state index contributed by atoms with van der Waals surface area (Å²) in [5.41, 5.74) is 3.10. The monoisotopic (exact) mass is 334 g/mol. The van der Waals surface area contributed by atoms with Gasteiger partial charge in [-0.25, -0.2) is 8.78 Å². The Bertz CT molecular complexity index is 923. The van der Waals surface area contributed by atoms with E-state index in [9.17, 15) is 8.78 Å². The lowest BCUT2D eigenvalue weighted by molar-refractivity contribution is 0.415. The molecule has 0 aliphatic heterocycles. The third-order valence-electron chi connectivity index (χ3n) is 3.83. The Morgan fingerprint density at radius 1 is 0.760 bits per heavy atom.